The molecule has 5 rings (SSSR count). The summed E-state index contributed by atoms with van der Waals surface area (Å²) in [6.45, 7) is 7.20. The first-order chi connectivity index (χ1) is 18.4. The molecule has 38 heavy (non-hydrogen) atoms. The Morgan fingerprint density at radius 2 is 1.74 bits per heavy atom. The summed E-state index contributed by atoms with van der Waals surface area (Å²) in [4.78, 5) is 14.7. The Bertz CT molecular complexity index is 1400. The van der Waals surface area contributed by atoms with Crippen LogP contribution in [0.4, 0.5) is 5.69 Å². The highest BCUT2D eigenvalue weighted by atomic mass is 35.5. The van der Waals surface area contributed by atoms with Crippen molar-refractivity contribution in [3.8, 4) is 11.3 Å². The van der Waals surface area contributed by atoms with Gasteiger partial charge in [-0.2, -0.15) is 0 Å². The fraction of sp³-hybridized carbons (Fsp3) is 0.364. The summed E-state index contributed by atoms with van der Waals surface area (Å²) >= 11 is 6.19. The number of anilines is 1. The summed E-state index contributed by atoms with van der Waals surface area (Å²) in [7, 11) is 2.17. The fourth-order valence-corrected chi connectivity index (χ4v) is 5.95. The molecule has 1 aliphatic heterocycles. The molecule has 1 aromatic heterocycles. The molecular weight excluding hydrogens is 490 g/mol. The van der Waals surface area contributed by atoms with Crippen LogP contribution < -0.4 is 5.32 Å². The quantitative estimate of drug-likeness (QED) is 0.253. The average molecular weight is 528 g/mol. The van der Waals surface area contributed by atoms with E-state index in [1.807, 2.05) is 32.0 Å². The van der Waals surface area contributed by atoms with Crippen LogP contribution in [0.1, 0.15) is 50.2 Å². The van der Waals surface area contributed by atoms with E-state index in [0.717, 1.165) is 56.0 Å². The second-order valence-corrected chi connectivity index (χ2v) is 11.3. The molecule has 0 bridgehead atoms. The Morgan fingerprint density at radius 1 is 1.00 bits per heavy atom. The molecule has 3 aromatic carbocycles. The lowest BCUT2D eigenvalue weighted by Gasteiger charge is -2.32. The second kappa shape index (κ2) is 11.8. The van der Waals surface area contributed by atoms with Crippen LogP contribution >= 0.6 is 11.6 Å². The Hall–Kier alpha value is -3.08. The normalized spacial score (nSPS) is 14.9. The van der Waals surface area contributed by atoms with E-state index in [9.17, 15) is 4.79 Å². The smallest absolute Gasteiger partial charge is 0.226 e. The van der Waals surface area contributed by atoms with Crippen LogP contribution in [0.5, 0.6) is 0 Å². The third kappa shape index (κ3) is 5.82. The number of para-hydroxylation sites is 1. The van der Waals surface area contributed by atoms with E-state index in [4.69, 9.17) is 11.6 Å². The summed E-state index contributed by atoms with van der Waals surface area (Å²) in [6, 6.07) is 25.4. The zero-order chi connectivity index (χ0) is 26.6. The number of benzene rings is 3. The maximum Gasteiger partial charge on any atom is 0.226 e. The fourth-order valence-electron chi connectivity index (χ4n) is 5.83. The maximum atomic E-state index is 12.1. The molecule has 0 radical (unpaired) electrons. The predicted molar refractivity (Wildman–Crippen MR) is 160 cm³/mol. The molecule has 1 saturated heterocycles. The van der Waals surface area contributed by atoms with Crippen LogP contribution in [0.25, 0.3) is 22.2 Å². The molecule has 1 amide bonds. The van der Waals surface area contributed by atoms with Gasteiger partial charge in [-0.25, -0.2) is 0 Å². The van der Waals surface area contributed by atoms with E-state index in [1.165, 1.54) is 33.3 Å². The van der Waals surface area contributed by atoms with Crippen molar-refractivity contribution in [2.75, 3.05) is 25.0 Å². The van der Waals surface area contributed by atoms with Gasteiger partial charge in [-0.05, 0) is 98.3 Å². The van der Waals surface area contributed by atoms with E-state index in [1.54, 1.807) is 0 Å². The molecule has 198 valence electrons. The van der Waals surface area contributed by atoms with Crippen LogP contribution in [0.3, 0.4) is 0 Å². The number of hydrogen-bond acceptors (Lipinski definition) is 2. The molecule has 0 unspecified atom stereocenters. The molecule has 0 atom stereocenters. The van der Waals surface area contributed by atoms with Crippen molar-refractivity contribution >= 4 is 34.1 Å². The molecule has 4 nitrogen and oxygen atoms in total. The third-order valence-corrected chi connectivity index (χ3v) is 8.22. The van der Waals surface area contributed by atoms with Gasteiger partial charge in [0.05, 0.1) is 5.69 Å². The van der Waals surface area contributed by atoms with E-state index >= 15 is 0 Å². The largest absolute Gasteiger partial charge is 0.343 e. The van der Waals surface area contributed by atoms with Gasteiger partial charge in [0, 0.05) is 34.6 Å². The second-order valence-electron chi connectivity index (χ2n) is 10.9. The summed E-state index contributed by atoms with van der Waals surface area (Å²) in [6.07, 6.45) is 4.50. The van der Waals surface area contributed by atoms with Gasteiger partial charge in [-0.15, -0.1) is 0 Å². The summed E-state index contributed by atoms with van der Waals surface area (Å²) in [5.41, 5.74) is 7.48. The summed E-state index contributed by atoms with van der Waals surface area (Å²) in [5, 5.41) is 5.17. The summed E-state index contributed by atoms with van der Waals surface area (Å²) < 4.78 is 2.33. The highest BCUT2D eigenvalue weighted by Crippen LogP contribution is 2.35. The molecule has 4 aromatic rings. The van der Waals surface area contributed by atoms with Crippen LogP contribution in [0, 0.1) is 5.92 Å². The molecule has 5 heteroatoms. The number of hydrogen-bond donors (Lipinski definition) is 1. The first-order valence-electron chi connectivity index (χ1n) is 13.9. The van der Waals surface area contributed by atoms with Crippen LogP contribution in [0.2, 0.25) is 5.02 Å². The van der Waals surface area contributed by atoms with Crippen LogP contribution in [-0.4, -0.2) is 35.0 Å². The lowest BCUT2D eigenvalue weighted by molar-refractivity contribution is -0.118. The lowest BCUT2D eigenvalue weighted by Crippen LogP contribution is -2.33. The zero-order valence-corrected chi connectivity index (χ0v) is 23.5. The van der Waals surface area contributed by atoms with Crippen molar-refractivity contribution in [3.63, 3.8) is 0 Å². The molecule has 0 spiro atoms. The minimum Gasteiger partial charge on any atom is -0.343 e. The van der Waals surface area contributed by atoms with Crippen molar-refractivity contribution in [2.45, 2.75) is 45.4 Å². The van der Waals surface area contributed by atoms with Crippen LogP contribution in [0.15, 0.2) is 72.8 Å². The van der Waals surface area contributed by atoms with E-state index in [2.05, 4.69) is 76.4 Å². The Morgan fingerprint density at radius 3 is 2.47 bits per heavy atom. The van der Waals surface area contributed by atoms with Gasteiger partial charge < -0.3 is 14.8 Å². The van der Waals surface area contributed by atoms with Gasteiger partial charge >= 0.3 is 0 Å². The van der Waals surface area contributed by atoms with E-state index < -0.39 is 0 Å². The number of aryl methyl sites for hydroxylation is 2. The number of carbonyl (C=O) groups is 1. The number of fused-ring (bicyclic) bond motifs is 1. The monoisotopic (exact) mass is 527 g/mol. The number of aromatic nitrogens is 1. The number of halogens is 1. The molecule has 1 aliphatic rings. The number of amides is 1. The van der Waals surface area contributed by atoms with Crippen molar-refractivity contribution < 1.29 is 4.79 Å². The highest BCUT2D eigenvalue weighted by Gasteiger charge is 2.22. The SMILES string of the molecule is CC(C)C(=O)Nc1cccc(C2CCN(CCCc3c(-c4ccc(Cl)cc4)n(C)c4ccccc34)CC2)c1. The number of piperidine rings is 1. The molecular formula is C33H38ClN3O. The maximum absolute atomic E-state index is 12.1. The highest BCUT2D eigenvalue weighted by molar-refractivity contribution is 6.30. The van der Waals surface area contributed by atoms with Gasteiger partial charge in [0.1, 0.15) is 0 Å². The number of carbonyl (C=O) groups excluding carboxylic acids is 1. The minimum atomic E-state index is -0.0157. The average Bonchev–Trinajstić information content (AvgIpc) is 3.21. The van der Waals surface area contributed by atoms with Gasteiger partial charge in [0.15, 0.2) is 0 Å². The number of nitrogens with zero attached hydrogens (tertiary/aromatic N) is 2. The molecule has 0 aliphatic carbocycles. The third-order valence-electron chi connectivity index (χ3n) is 7.97. The Kier molecular flexibility index (Phi) is 8.21. The summed E-state index contributed by atoms with van der Waals surface area (Å²) in [5.74, 6) is 0.608. The van der Waals surface area contributed by atoms with Gasteiger partial charge in [-0.3, -0.25) is 4.79 Å². The molecule has 2 heterocycles. The van der Waals surface area contributed by atoms with Crippen molar-refractivity contribution in [1.82, 2.24) is 9.47 Å². The predicted octanol–water partition coefficient (Wildman–Crippen LogP) is 7.91. The van der Waals surface area contributed by atoms with E-state index in [-0.39, 0.29) is 11.8 Å². The lowest BCUT2D eigenvalue weighted by atomic mass is 9.89. The zero-order valence-electron chi connectivity index (χ0n) is 22.7. The topological polar surface area (TPSA) is 37.3 Å². The first-order valence-corrected chi connectivity index (χ1v) is 14.2. The van der Waals surface area contributed by atoms with Gasteiger partial charge in [0.25, 0.3) is 0 Å². The van der Waals surface area contributed by atoms with Crippen LogP contribution in [-0.2, 0) is 18.3 Å². The van der Waals surface area contributed by atoms with Gasteiger partial charge in [-0.1, -0.05) is 67.9 Å². The number of rotatable bonds is 8. The Labute approximate surface area is 231 Å². The van der Waals surface area contributed by atoms with Crippen molar-refractivity contribution in [3.05, 3.63) is 88.9 Å². The minimum absolute atomic E-state index is 0.0157. The Balaban J connectivity index is 1.21. The first kappa shape index (κ1) is 26.5. The molecule has 0 saturated carbocycles. The number of nitrogens with one attached hydrogen (secondary N) is 1. The molecule has 1 N–H and O–H groups in total. The van der Waals surface area contributed by atoms with Crippen molar-refractivity contribution in [2.24, 2.45) is 13.0 Å². The van der Waals surface area contributed by atoms with E-state index in [0.29, 0.717) is 5.92 Å². The van der Waals surface area contributed by atoms with Gasteiger partial charge in [0.2, 0.25) is 5.91 Å². The molecule has 1 fully saturated rings. The standard InChI is InChI=1S/C33H38ClN3O/c1-23(2)33(38)35-28-9-6-8-26(22-28)24-17-20-37(21-18-24)19-7-11-30-29-10-4-5-12-31(29)36(3)32(30)25-13-15-27(34)16-14-25/h4-6,8-10,12-16,22-24H,7,11,17-21H2,1-3H3,(H,35,38). The number of likely N-dealkylation sites (tertiary alicyclic amines) is 1. The van der Waals surface area contributed by atoms with Crippen molar-refractivity contribution in [1.29, 1.82) is 0 Å².